The van der Waals surface area contributed by atoms with Gasteiger partial charge in [0.25, 0.3) is 6.61 Å². The van der Waals surface area contributed by atoms with Gasteiger partial charge in [0.05, 0.1) is 12.7 Å². The lowest BCUT2D eigenvalue weighted by atomic mass is 10.2. The third-order valence-corrected chi connectivity index (χ3v) is 2.63. The Hall–Kier alpha value is -2.81. The minimum absolute atomic E-state index is 0.0265. The summed E-state index contributed by atoms with van der Waals surface area (Å²) in [6, 6.07) is 8.32. The lowest BCUT2D eigenvalue weighted by Gasteiger charge is -1.97. The van der Waals surface area contributed by atoms with Crippen molar-refractivity contribution in [1.29, 1.82) is 0 Å². The first kappa shape index (κ1) is 18.2. The van der Waals surface area contributed by atoms with E-state index in [1.165, 1.54) is 49.8 Å². The Morgan fingerprint density at radius 3 is 2.09 bits per heavy atom. The molecule has 6 N–H and O–H groups in total. The molecule has 0 bridgehead atoms. The van der Waals surface area contributed by atoms with Crippen molar-refractivity contribution in [3.8, 4) is 23.0 Å². The minimum Gasteiger partial charge on any atom is -0.508 e. The van der Waals surface area contributed by atoms with Crippen molar-refractivity contribution in [1.82, 2.24) is 0 Å². The molecule has 124 valence electrons. The lowest BCUT2D eigenvalue weighted by molar-refractivity contribution is -0.282. The fraction of sp³-hybridized carbons (Fsp3) is 0.133. The van der Waals surface area contributed by atoms with Gasteiger partial charge in [-0.25, -0.2) is 4.89 Å². The number of hydrogen-bond acceptors (Lipinski definition) is 7. The van der Waals surface area contributed by atoms with Gasteiger partial charge in [-0.1, -0.05) is 0 Å². The fourth-order valence-corrected chi connectivity index (χ4v) is 1.53. The summed E-state index contributed by atoms with van der Waals surface area (Å²) in [5.41, 5.74) is 0.920. The summed E-state index contributed by atoms with van der Waals surface area (Å²) in [5, 5.41) is 37.3. The summed E-state index contributed by atoms with van der Waals surface area (Å²) in [6.07, 6.45) is 1.32. The van der Waals surface area contributed by atoms with Crippen LogP contribution in [0.25, 0.3) is 0 Å². The molecule has 0 aliphatic rings. The van der Waals surface area contributed by atoms with E-state index in [-0.39, 0.29) is 29.6 Å². The highest BCUT2D eigenvalue weighted by atomic mass is 17.3. The molecule has 8 nitrogen and oxygen atoms in total. The molecule has 23 heavy (non-hydrogen) atoms. The molecule has 0 amide bonds. The predicted octanol–water partition coefficient (Wildman–Crippen LogP) is 1.50. The van der Waals surface area contributed by atoms with Crippen LogP contribution in [-0.4, -0.2) is 33.8 Å². The van der Waals surface area contributed by atoms with Crippen LogP contribution in [0, 0.1) is 0 Å². The summed E-state index contributed by atoms with van der Waals surface area (Å²) in [7, 11) is 1.33. The Balaban J connectivity index is 0.000000593. The van der Waals surface area contributed by atoms with E-state index in [0.29, 0.717) is 11.1 Å². The van der Waals surface area contributed by atoms with Gasteiger partial charge >= 0.3 is 6.29 Å². The Labute approximate surface area is 132 Å². The highest BCUT2D eigenvalue weighted by Gasteiger charge is 2.08. The van der Waals surface area contributed by atoms with E-state index in [2.05, 4.69) is 15.8 Å². The molecule has 0 fully saturated rings. The highest BCUT2D eigenvalue weighted by molar-refractivity contribution is 5.79. The zero-order valence-corrected chi connectivity index (χ0v) is 12.3. The van der Waals surface area contributed by atoms with Crippen LogP contribution in [0.15, 0.2) is 36.4 Å². The number of hydrogen-bond donors (Lipinski definition) is 5. The molecule has 0 aromatic heterocycles. The van der Waals surface area contributed by atoms with E-state index in [4.69, 9.17) is 14.6 Å². The molecule has 0 aliphatic carbocycles. The van der Waals surface area contributed by atoms with Crippen LogP contribution in [0.5, 0.6) is 23.0 Å². The van der Waals surface area contributed by atoms with E-state index in [1.54, 1.807) is 0 Å². The first-order valence-corrected chi connectivity index (χ1v) is 6.35. The Kier molecular flexibility index (Phi) is 7.34. The first-order valence-electron chi connectivity index (χ1n) is 6.35. The lowest BCUT2D eigenvalue weighted by Crippen LogP contribution is -1.93. The van der Waals surface area contributed by atoms with Gasteiger partial charge in [0.15, 0.2) is 0 Å². The minimum atomic E-state index is -0.102. The van der Waals surface area contributed by atoms with Gasteiger partial charge in [-0.05, 0) is 24.3 Å². The average Bonchev–Trinajstić information content (AvgIpc) is 2.51. The van der Waals surface area contributed by atoms with Crippen molar-refractivity contribution < 1.29 is 34.7 Å². The molecule has 2 rings (SSSR count). The molecule has 0 radical (unpaired) electrons. The standard InChI is InChI=1S/C14H12O5.CH5NO2/c15-11-3-1-9(13(17)5-11)7-19-8-10-2-4-12(16)6-14(10)18;1-3-4-2/h1-7H,8H2,(H3-,15,16,17,18);2H2,1H3/p+1. The first-order chi connectivity index (χ1) is 11.0. The summed E-state index contributed by atoms with van der Waals surface area (Å²) < 4.78 is 5.24. The molecule has 0 atom stereocenters. The number of aromatic hydroxyl groups is 4. The molecule has 0 heterocycles. The van der Waals surface area contributed by atoms with Crippen LogP contribution in [0.2, 0.25) is 0 Å². The van der Waals surface area contributed by atoms with Crippen LogP contribution in [0.1, 0.15) is 15.6 Å². The molecule has 0 saturated heterocycles. The quantitative estimate of drug-likeness (QED) is 0.249. The summed E-state index contributed by atoms with van der Waals surface area (Å²) >= 11 is 0. The molecular formula is C15H18NO7+. The van der Waals surface area contributed by atoms with Gasteiger partial charge < -0.3 is 20.4 Å². The second kappa shape index (κ2) is 9.26. The fourth-order valence-electron chi connectivity index (χ4n) is 1.53. The van der Waals surface area contributed by atoms with Gasteiger partial charge in [-0.15, -0.1) is 4.99 Å². The van der Waals surface area contributed by atoms with Crippen molar-refractivity contribution in [3.63, 3.8) is 0 Å². The monoisotopic (exact) mass is 324 g/mol. The zero-order valence-electron chi connectivity index (χ0n) is 12.3. The SMILES string of the molecule is COON.Oc1ccc(C=[O+]Cc2ccc(O)cc2O)c(O)c1. The number of phenols is 4. The van der Waals surface area contributed by atoms with Gasteiger partial charge in [0, 0.05) is 12.1 Å². The van der Waals surface area contributed by atoms with E-state index in [0.717, 1.165) is 0 Å². The molecule has 0 unspecified atom stereocenters. The normalized spacial score (nSPS) is 10.3. The van der Waals surface area contributed by atoms with Crippen molar-refractivity contribution in [2.75, 3.05) is 7.11 Å². The third-order valence-electron chi connectivity index (χ3n) is 2.63. The molecule has 0 saturated carbocycles. The number of benzene rings is 2. The van der Waals surface area contributed by atoms with Gasteiger partial charge in [-0.3, -0.25) is 4.42 Å². The second-order valence-electron chi connectivity index (χ2n) is 4.25. The van der Waals surface area contributed by atoms with Crippen LogP contribution >= 0.6 is 0 Å². The molecule has 0 spiro atoms. The number of carbonyl (C=O) groups excluding carboxylic acids is 1. The Morgan fingerprint density at radius 1 is 1.00 bits per heavy atom. The van der Waals surface area contributed by atoms with Crippen molar-refractivity contribution in [3.05, 3.63) is 47.5 Å². The number of aldehydes is 1. The Bertz CT molecular complexity index is 656. The maximum absolute atomic E-state index is 9.54. The maximum atomic E-state index is 9.54. The summed E-state index contributed by atoms with van der Waals surface area (Å²) in [4.78, 5) is 7.36. The average molecular weight is 324 g/mol. The van der Waals surface area contributed by atoms with Crippen LogP contribution < -0.4 is 5.90 Å². The van der Waals surface area contributed by atoms with E-state index < -0.39 is 0 Å². The largest absolute Gasteiger partial charge is 0.508 e. The van der Waals surface area contributed by atoms with E-state index in [1.807, 2.05) is 0 Å². The molecule has 2 aromatic carbocycles. The second-order valence-corrected chi connectivity index (χ2v) is 4.25. The van der Waals surface area contributed by atoms with Gasteiger partial charge in [0.1, 0.15) is 28.6 Å². The summed E-state index contributed by atoms with van der Waals surface area (Å²) in [6.45, 7) is 0.0897. The topological polar surface area (TPSA) is 137 Å². The van der Waals surface area contributed by atoms with Crippen molar-refractivity contribution in [2.45, 2.75) is 6.61 Å². The van der Waals surface area contributed by atoms with Crippen molar-refractivity contribution in [2.24, 2.45) is 5.90 Å². The smallest absolute Gasteiger partial charge is 0.319 e. The maximum Gasteiger partial charge on any atom is 0.319 e. The third kappa shape index (κ3) is 6.22. The summed E-state index contributed by atoms with van der Waals surface area (Å²) in [5.74, 6) is 4.07. The zero-order chi connectivity index (χ0) is 17.2. The number of rotatable bonds is 4. The van der Waals surface area contributed by atoms with Crippen LogP contribution in [-0.2, 0) is 16.5 Å². The van der Waals surface area contributed by atoms with Crippen LogP contribution in [0.3, 0.4) is 0 Å². The molecule has 2 aromatic rings. The number of nitrogens with two attached hydrogens (primary N) is 1. The van der Waals surface area contributed by atoms with Crippen molar-refractivity contribution >= 4 is 6.29 Å². The Morgan fingerprint density at radius 2 is 1.57 bits per heavy atom. The van der Waals surface area contributed by atoms with E-state index >= 15 is 0 Å². The molecule has 8 heteroatoms. The molecule has 0 aliphatic heterocycles. The van der Waals surface area contributed by atoms with Gasteiger partial charge in [0.2, 0.25) is 0 Å². The van der Waals surface area contributed by atoms with Crippen LogP contribution in [0.4, 0.5) is 0 Å². The molecular weight excluding hydrogens is 306 g/mol. The predicted molar refractivity (Wildman–Crippen MR) is 80.9 cm³/mol. The van der Waals surface area contributed by atoms with E-state index in [9.17, 15) is 10.2 Å². The number of phenolic OH excluding ortho intramolecular Hbond substituents is 4. The highest BCUT2D eigenvalue weighted by Crippen LogP contribution is 2.24. The van der Waals surface area contributed by atoms with Gasteiger partial charge in [-0.2, -0.15) is 5.90 Å².